The van der Waals surface area contributed by atoms with Gasteiger partial charge in [-0.25, -0.2) is 0 Å². The highest BCUT2D eigenvalue weighted by Crippen LogP contribution is 2.34. The molecule has 0 aromatic heterocycles. The first-order chi connectivity index (χ1) is 7.58. The Morgan fingerprint density at radius 1 is 1.38 bits per heavy atom. The first kappa shape index (κ1) is 13.6. The molecule has 0 saturated carbocycles. The third kappa shape index (κ3) is 3.52. The summed E-state index contributed by atoms with van der Waals surface area (Å²) in [6.45, 7) is 6.48. The second kappa shape index (κ2) is 6.30. The van der Waals surface area contributed by atoms with Crippen LogP contribution in [0.5, 0.6) is 11.5 Å². The van der Waals surface area contributed by atoms with Gasteiger partial charge >= 0.3 is 0 Å². The summed E-state index contributed by atoms with van der Waals surface area (Å²) in [5, 5.41) is 9.13. The topological polar surface area (TPSA) is 38.7 Å². The standard InChI is InChI=1S/C12H17IO3/c1-4-15-11-6-9(7-14)5-10(13)12(11)16-8(2)3/h5-6,8,14H,4,7H2,1-3H3. The fourth-order valence-corrected chi connectivity index (χ4v) is 2.12. The van der Waals surface area contributed by atoms with Gasteiger partial charge in [-0.15, -0.1) is 0 Å². The quantitative estimate of drug-likeness (QED) is 0.841. The molecule has 0 atom stereocenters. The van der Waals surface area contributed by atoms with Gasteiger partial charge in [0.25, 0.3) is 0 Å². The number of rotatable bonds is 5. The van der Waals surface area contributed by atoms with Crippen LogP contribution in [-0.4, -0.2) is 17.8 Å². The number of aliphatic hydroxyl groups excluding tert-OH is 1. The third-order valence-corrected chi connectivity index (χ3v) is 2.71. The van der Waals surface area contributed by atoms with Crippen molar-refractivity contribution in [3.05, 3.63) is 21.3 Å². The summed E-state index contributed by atoms with van der Waals surface area (Å²) in [5.74, 6) is 1.46. The zero-order valence-corrected chi connectivity index (χ0v) is 11.9. The SMILES string of the molecule is CCOc1cc(CO)cc(I)c1OC(C)C. The van der Waals surface area contributed by atoms with Crippen LogP contribution in [0.15, 0.2) is 12.1 Å². The lowest BCUT2D eigenvalue weighted by molar-refractivity contribution is 0.221. The van der Waals surface area contributed by atoms with Crippen LogP contribution < -0.4 is 9.47 Å². The number of aliphatic hydroxyl groups is 1. The molecule has 3 nitrogen and oxygen atoms in total. The second-order valence-corrected chi connectivity index (χ2v) is 4.82. The normalized spacial score (nSPS) is 10.6. The van der Waals surface area contributed by atoms with Gasteiger partial charge in [-0.3, -0.25) is 0 Å². The average Bonchev–Trinajstić information content (AvgIpc) is 2.22. The van der Waals surface area contributed by atoms with Crippen LogP contribution >= 0.6 is 22.6 Å². The summed E-state index contributed by atoms with van der Waals surface area (Å²) < 4.78 is 12.2. The van der Waals surface area contributed by atoms with Crippen LogP contribution in [0.25, 0.3) is 0 Å². The Morgan fingerprint density at radius 3 is 2.56 bits per heavy atom. The maximum absolute atomic E-state index is 9.13. The van der Waals surface area contributed by atoms with Gasteiger partial charge in [0.1, 0.15) is 0 Å². The highest BCUT2D eigenvalue weighted by Gasteiger charge is 2.13. The fourth-order valence-electron chi connectivity index (χ4n) is 1.33. The summed E-state index contributed by atoms with van der Waals surface area (Å²) in [5.41, 5.74) is 0.837. The molecule has 0 aliphatic heterocycles. The van der Waals surface area contributed by atoms with Crippen molar-refractivity contribution in [2.24, 2.45) is 0 Å². The van der Waals surface area contributed by atoms with E-state index in [1.54, 1.807) is 0 Å². The molecule has 0 aliphatic carbocycles. The second-order valence-electron chi connectivity index (χ2n) is 3.66. The van der Waals surface area contributed by atoms with Crippen molar-refractivity contribution in [1.82, 2.24) is 0 Å². The Kier molecular flexibility index (Phi) is 5.34. The average molecular weight is 336 g/mol. The highest BCUT2D eigenvalue weighted by atomic mass is 127. The molecular formula is C12H17IO3. The number of halogens is 1. The van der Waals surface area contributed by atoms with Crippen molar-refractivity contribution in [3.63, 3.8) is 0 Å². The lowest BCUT2D eigenvalue weighted by atomic mass is 10.2. The molecule has 1 aromatic rings. The van der Waals surface area contributed by atoms with E-state index in [1.165, 1.54) is 0 Å². The van der Waals surface area contributed by atoms with Crippen molar-refractivity contribution in [1.29, 1.82) is 0 Å². The Bertz CT molecular complexity index is 350. The molecule has 1 N–H and O–H groups in total. The van der Waals surface area contributed by atoms with Gasteiger partial charge in [-0.05, 0) is 61.1 Å². The van der Waals surface area contributed by atoms with E-state index in [-0.39, 0.29) is 12.7 Å². The molecule has 1 rings (SSSR count). The van der Waals surface area contributed by atoms with Crippen LogP contribution in [0, 0.1) is 3.57 Å². The zero-order chi connectivity index (χ0) is 12.1. The minimum atomic E-state index is 0.0119. The van der Waals surface area contributed by atoms with E-state index in [1.807, 2.05) is 32.9 Å². The number of hydrogen-bond donors (Lipinski definition) is 1. The first-order valence-corrected chi connectivity index (χ1v) is 6.39. The van der Waals surface area contributed by atoms with E-state index in [0.29, 0.717) is 12.4 Å². The van der Waals surface area contributed by atoms with Gasteiger partial charge in [-0.2, -0.15) is 0 Å². The lowest BCUT2D eigenvalue weighted by Crippen LogP contribution is -2.09. The summed E-state index contributed by atoms with van der Waals surface area (Å²) in [6, 6.07) is 3.73. The number of hydrogen-bond acceptors (Lipinski definition) is 3. The van der Waals surface area contributed by atoms with Crippen LogP contribution in [0.1, 0.15) is 26.3 Å². The van der Waals surface area contributed by atoms with E-state index < -0.39 is 0 Å². The minimum absolute atomic E-state index is 0.0119. The van der Waals surface area contributed by atoms with Crippen molar-refractivity contribution >= 4 is 22.6 Å². The lowest BCUT2D eigenvalue weighted by Gasteiger charge is -2.17. The van der Waals surface area contributed by atoms with E-state index >= 15 is 0 Å². The van der Waals surface area contributed by atoms with Gasteiger partial charge in [0.15, 0.2) is 11.5 Å². The number of ether oxygens (including phenoxy) is 2. The van der Waals surface area contributed by atoms with Crippen LogP contribution in [0.4, 0.5) is 0 Å². The molecule has 0 spiro atoms. The van der Waals surface area contributed by atoms with Crippen molar-refractivity contribution < 1.29 is 14.6 Å². The number of benzene rings is 1. The first-order valence-electron chi connectivity index (χ1n) is 5.31. The summed E-state index contributed by atoms with van der Waals surface area (Å²) in [7, 11) is 0. The maximum Gasteiger partial charge on any atom is 0.174 e. The molecule has 0 saturated heterocycles. The predicted octanol–water partition coefficient (Wildman–Crippen LogP) is 2.97. The minimum Gasteiger partial charge on any atom is -0.490 e. The van der Waals surface area contributed by atoms with Crippen molar-refractivity contribution in [3.8, 4) is 11.5 Å². The van der Waals surface area contributed by atoms with Gasteiger partial charge in [0, 0.05) is 0 Å². The van der Waals surface area contributed by atoms with Gasteiger partial charge in [0.2, 0.25) is 0 Å². The monoisotopic (exact) mass is 336 g/mol. The largest absolute Gasteiger partial charge is 0.490 e. The summed E-state index contributed by atoms with van der Waals surface area (Å²) >= 11 is 2.19. The molecule has 1 aromatic carbocycles. The van der Waals surface area contributed by atoms with E-state index in [0.717, 1.165) is 14.9 Å². The Morgan fingerprint density at radius 2 is 2.06 bits per heavy atom. The van der Waals surface area contributed by atoms with Gasteiger partial charge < -0.3 is 14.6 Å². The summed E-state index contributed by atoms with van der Waals surface area (Å²) in [4.78, 5) is 0. The molecule has 4 heteroatoms. The van der Waals surface area contributed by atoms with Crippen LogP contribution in [-0.2, 0) is 6.61 Å². The fraction of sp³-hybridized carbons (Fsp3) is 0.500. The van der Waals surface area contributed by atoms with Crippen molar-refractivity contribution in [2.45, 2.75) is 33.5 Å². The molecule has 0 unspecified atom stereocenters. The zero-order valence-electron chi connectivity index (χ0n) is 9.79. The molecular weight excluding hydrogens is 319 g/mol. The van der Waals surface area contributed by atoms with Crippen LogP contribution in [0.2, 0.25) is 0 Å². The maximum atomic E-state index is 9.13. The molecule has 90 valence electrons. The molecule has 0 aliphatic rings. The Hall–Kier alpha value is -0.490. The molecule has 0 heterocycles. The Labute approximate surface area is 110 Å². The smallest absolute Gasteiger partial charge is 0.174 e. The van der Waals surface area contributed by atoms with Gasteiger partial charge in [-0.1, -0.05) is 0 Å². The molecule has 0 fully saturated rings. The van der Waals surface area contributed by atoms with Gasteiger partial charge in [0.05, 0.1) is 22.9 Å². The predicted molar refractivity (Wildman–Crippen MR) is 72.0 cm³/mol. The molecule has 16 heavy (non-hydrogen) atoms. The molecule has 0 bridgehead atoms. The third-order valence-electron chi connectivity index (χ3n) is 1.91. The van der Waals surface area contributed by atoms with E-state index in [2.05, 4.69) is 22.6 Å². The molecule has 0 amide bonds. The van der Waals surface area contributed by atoms with Crippen LogP contribution in [0.3, 0.4) is 0 Å². The Balaban J connectivity index is 3.11. The highest BCUT2D eigenvalue weighted by molar-refractivity contribution is 14.1. The van der Waals surface area contributed by atoms with E-state index in [9.17, 15) is 0 Å². The summed E-state index contributed by atoms with van der Waals surface area (Å²) in [6.07, 6.45) is 0.104. The molecule has 0 radical (unpaired) electrons. The van der Waals surface area contributed by atoms with E-state index in [4.69, 9.17) is 14.6 Å². The van der Waals surface area contributed by atoms with Crippen molar-refractivity contribution in [2.75, 3.05) is 6.61 Å².